The van der Waals surface area contributed by atoms with Crippen molar-refractivity contribution in [3.63, 3.8) is 0 Å². The minimum Gasteiger partial charge on any atom is -0.265 e. The Labute approximate surface area is 55.2 Å². The van der Waals surface area contributed by atoms with Gasteiger partial charge in [0.25, 0.3) is 0 Å². The number of nitrogens with zero attached hydrogens (tertiary/aromatic N) is 1. The zero-order valence-electron chi connectivity index (χ0n) is 5.80. The Balaban J connectivity index is 0.000000148. The molecular weight excluding hydrogens is 118 g/mol. The lowest BCUT2D eigenvalue weighted by Gasteiger charge is -1.67. The number of nitro groups is 1. The summed E-state index contributed by atoms with van der Waals surface area (Å²) in [6.45, 7) is 0. The Bertz CT molecular complexity index is 67.5. The van der Waals surface area contributed by atoms with Gasteiger partial charge in [-0.05, 0) is 0 Å². The summed E-state index contributed by atoms with van der Waals surface area (Å²) in [6.07, 6.45) is 7.50. The van der Waals surface area contributed by atoms with Crippen LogP contribution in [0, 0.1) is 10.1 Å². The van der Waals surface area contributed by atoms with Crippen molar-refractivity contribution in [2.24, 2.45) is 0 Å². The van der Waals surface area contributed by atoms with Crippen molar-refractivity contribution in [2.45, 2.75) is 32.1 Å². The van der Waals surface area contributed by atoms with Gasteiger partial charge in [-0.2, -0.15) is 0 Å². The summed E-state index contributed by atoms with van der Waals surface area (Å²) in [6, 6.07) is 0. The lowest BCUT2D eigenvalue weighted by atomic mass is 10.4. The first-order valence-corrected chi connectivity index (χ1v) is 3.31. The molecule has 0 aliphatic heterocycles. The summed E-state index contributed by atoms with van der Waals surface area (Å²) in [4.78, 5) is 8.31. The first-order chi connectivity index (χ1) is 4.23. The molecule has 1 aliphatic carbocycles. The second-order valence-electron chi connectivity index (χ2n) is 2.21. The highest BCUT2D eigenvalue weighted by molar-refractivity contribution is 4.51. The molecule has 0 saturated heterocycles. The Morgan fingerprint density at radius 3 is 1.33 bits per heavy atom. The maximum Gasteiger partial charge on any atom is 0.194 e. The largest absolute Gasteiger partial charge is 0.265 e. The minimum atomic E-state index is -0.500. The van der Waals surface area contributed by atoms with E-state index in [-0.39, 0.29) is 0 Å². The van der Waals surface area contributed by atoms with Gasteiger partial charge in [0.05, 0.1) is 0 Å². The predicted octanol–water partition coefficient (Wildman–Crippen LogP) is 1.84. The van der Waals surface area contributed by atoms with Crippen LogP contribution in [0.15, 0.2) is 0 Å². The van der Waals surface area contributed by atoms with Crippen LogP contribution >= 0.6 is 0 Å². The highest BCUT2D eigenvalue weighted by Crippen LogP contribution is 2.15. The smallest absolute Gasteiger partial charge is 0.194 e. The molecular formula is C6H13NO2. The average Bonchev–Trinajstić information content (AvgIpc) is 2.11. The summed E-state index contributed by atoms with van der Waals surface area (Å²) in [7, 11) is 0.889. The summed E-state index contributed by atoms with van der Waals surface area (Å²) in [5.74, 6) is 0. The maximum atomic E-state index is 8.81. The van der Waals surface area contributed by atoms with Crippen molar-refractivity contribution in [1.82, 2.24) is 0 Å². The molecule has 0 aromatic heterocycles. The molecule has 1 fully saturated rings. The summed E-state index contributed by atoms with van der Waals surface area (Å²) in [5, 5.41) is 8.81. The molecule has 1 aliphatic rings. The van der Waals surface area contributed by atoms with E-state index < -0.39 is 4.92 Å². The molecule has 1 saturated carbocycles. The Morgan fingerprint density at radius 1 is 1.11 bits per heavy atom. The van der Waals surface area contributed by atoms with E-state index in [2.05, 4.69) is 0 Å². The minimum absolute atomic E-state index is 0.500. The van der Waals surface area contributed by atoms with E-state index in [1.807, 2.05) is 0 Å². The third-order valence-electron chi connectivity index (χ3n) is 1.25. The molecule has 3 heteroatoms. The van der Waals surface area contributed by atoms with Gasteiger partial charge in [-0.25, -0.2) is 0 Å². The number of rotatable bonds is 0. The Morgan fingerprint density at radius 2 is 1.22 bits per heavy atom. The van der Waals surface area contributed by atoms with Gasteiger partial charge in [0, 0.05) is 4.92 Å². The SMILES string of the molecule is C1CCCC1.C[N+](=O)[O-]. The van der Waals surface area contributed by atoms with Gasteiger partial charge < -0.3 is 0 Å². The van der Waals surface area contributed by atoms with Crippen LogP contribution in [0.25, 0.3) is 0 Å². The zero-order chi connectivity index (χ0) is 7.11. The fraction of sp³-hybridized carbons (Fsp3) is 1.00. The van der Waals surface area contributed by atoms with Crippen LogP contribution in [-0.4, -0.2) is 12.0 Å². The van der Waals surface area contributed by atoms with E-state index in [0.717, 1.165) is 7.05 Å². The molecule has 0 spiro atoms. The number of hydrogen-bond acceptors (Lipinski definition) is 2. The van der Waals surface area contributed by atoms with Gasteiger partial charge in [-0.15, -0.1) is 0 Å². The van der Waals surface area contributed by atoms with E-state index in [1.165, 1.54) is 32.1 Å². The van der Waals surface area contributed by atoms with Crippen LogP contribution in [0.2, 0.25) is 0 Å². The van der Waals surface area contributed by atoms with Crippen LogP contribution < -0.4 is 0 Å². The average molecular weight is 131 g/mol. The lowest BCUT2D eigenvalue weighted by Crippen LogP contribution is -1.79. The second-order valence-corrected chi connectivity index (χ2v) is 2.21. The van der Waals surface area contributed by atoms with Crippen LogP contribution in [0.4, 0.5) is 0 Å². The van der Waals surface area contributed by atoms with Crippen molar-refractivity contribution in [1.29, 1.82) is 0 Å². The predicted molar refractivity (Wildman–Crippen MR) is 36.0 cm³/mol. The van der Waals surface area contributed by atoms with Gasteiger partial charge >= 0.3 is 0 Å². The lowest BCUT2D eigenvalue weighted by molar-refractivity contribution is -0.445. The second kappa shape index (κ2) is 5.54. The highest BCUT2D eigenvalue weighted by atomic mass is 16.6. The molecule has 0 unspecified atom stereocenters. The van der Waals surface area contributed by atoms with Gasteiger partial charge in [0.2, 0.25) is 0 Å². The van der Waals surface area contributed by atoms with Gasteiger partial charge in [-0.3, -0.25) is 10.1 Å². The van der Waals surface area contributed by atoms with Crippen LogP contribution in [0.3, 0.4) is 0 Å². The number of hydrogen-bond donors (Lipinski definition) is 0. The zero-order valence-corrected chi connectivity index (χ0v) is 5.80. The molecule has 9 heavy (non-hydrogen) atoms. The van der Waals surface area contributed by atoms with Crippen molar-refractivity contribution in [2.75, 3.05) is 7.05 Å². The first kappa shape index (κ1) is 8.40. The van der Waals surface area contributed by atoms with Crippen LogP contribution in [-0.2, 0) is 0 Å². The van der Waals surface area contributed by atoms with Crippen molar-refractivity contribution < 1.29 is 4.92 Å². The third-order valence-corrected chi connectivity index (χ3v) is 1.25. The van der Waals surface area contributed by atoms with Gasteiger partial charge in [0.1, 0.15) is 0 Å². The summed E-state index contributed by atoms with van der Waals surface area (Å²) < 4.78 is 0. The van der Waals surface area contributed by atoms with Gasteiger partial charge in [0.15, 0.2) is 7.05 Å². The van der Waals surface area contributed by atoms with Crippen molar-refractivity contribution >= 4 is 0 Å². The molecule has 0 aromatic rings. The monoisotopic (exact) mass is 131 g/mol. The fourth-order valence-corrected chi connectivity index (χ4v) is 0.884. The van der Waals surface area contributed by atoms with Crippen LogP contribution in [0.5, 0.6) is 0 Å². The van der Waals surface area contributed by atoms with E-state index in [1.54, 1.807) is 0 Å². The Kier molecular flexibility index (Phi) is 5.17. The first-order valence-electron chi connectivity index (χ1n) is 3.31. The molecule has 3 nitrogen and oxygen atoms in total. The molecule has 0 aromatic carbocycles. The van der Waals surface area contributed by atoms with E-state index in [9.17, 15) is 0 Å². The fourth-order valence-electron chi connectivity index (χ4n) is 0.884. The van der Waals surface area contributed by atoms with Gasteiger partial charge in [-0.1, -0.05) is 32.1 Å². The molecule has 54 valence electrons. The summed E-state index contributed by atoms with van der Waals surface area (Å²) >= 11 is 0. The van der Waals surface area contributed by atoms with Crippen molar-refractivity contribution in [3.8, 4) is 0 Å². The molecule has 0 atom stereocenters. The standard InChI is InChI=1S/C5H10.CH3NO2/c1-2-4-5-3-1;1-2(3)4/h1-5H2;1H3. The van der Waals surface area contributed by atoms with Crippen LogP contribution in [0.1, 0.15) is 32.1 Å². The topological polar surface area (TPSA) is 43.1 Å². The maximum absolute atomic E-state index is 8.81. The molecule has 0 amide bonds. The summed E-state index contributed by atoms with van der Waals surface area (Å²) in [5.41, 5.74) is 0. The Hall–Kier alpha value is -0.600. The normalized spacial score (nSPS) is 16.1. The molecule has 1 rings (SSSR count). The quantitative estimate of drug-likeness (QED) is 0.372. The molecule has 0 radical (unpaired) electrons. The van der Waals surface area contributed by atoms with E-state index in [0.29, 0.717) is 0 Å². The van der Waals surface area contributed by atoms with E-state index >= 15 is 0 Å². The molecule has 0 N–H and O–H groups in total. The van der Waals surface area contributed by atoms with Crippen molar-refractivity contribution in [3.05, 3.63) is 10.1 Å². The highest BCUT2D eigenvalue weighted by Gasteiger charge is 1.95. The van der Waals surface area contributed by atoms with E-state index in [4.69, 9.17) is 10.1 Å². The molecule has 0 heterocycles. The third kappa shape index (κ3) is 11.1. The molecule has 0 bridgehead atoms.